The summed E-state index contributed by atoms with van der Waals surface area (Å²) in [6.45, 7) is 3.13. The molecule has 0 spiro atoms. The molecule has 4 heteroatoms. The van der Waals surface area contributed by atoms with Crippen molar-refractivity contribution in [3.63, 3.8) is 0 Å². The maximum Gasteiger partial charge on any atom is 0.225 e. The van der Waals surface area contributed by atoms with Crippen LogP contribution in [0.3, 0.4) is 0 Å². The van der Waals surface area contributed by atoms with E-state index in [1.165, 1.54) is 5.56 Å². The zero-order valence-corrected chi connectivity index (χ0v) is 11.7. The van der Waals surface area contributed by atoms with E-state index in [-0.39, 0.29) is 11.8 Å². The number of hydrogen-bond acceptors (Lipinski definition) is 3. The molecule has 1 amide bonds. The Hall–Kier alpha value is -1.55. The minimum Gasteiger partial charge on any atom is -0.384 e. The van der Waals surface area contributed by atoms with E-state index in [0.29, 0.717) is 5.92 Å². The molecule has 20 heavy (non-hydrogen) atoms. The summed E-state index contributed by atoms with van der Waals surface area (Å²) in [6, 6.07) is 8.22. The third-order valence-electron chi connectivity index (χ3n) is 4.21. The number of para-hydroxylation sites is 1. The zero-order valence-electron chi connectivity index (χ0n) is 11.7. The summed E-state index contributed by atoms with van der Waals surface area (Å²) in [7, 11) is 0. The molecular formula is C16H22N2O2. The number of carbonyl (C=O) groups is 1. The monoisotopic (exact) mass is 274 g/mol. The lowest BCUT2D eigenvalue weighted by molar-refractivity contribution is -0.125. The Bertz CT molecular complexity index is 469. The van der Waals surface area contributed by atoms with E-state index in [1.54, 1.807) is 0 Å². The van der Waals surface area contributed by atoms with Crippen molar-refractivity contribution in [1.29, 1.82) is 0 Å². The number of rotatable bonds is 3. The largest absolute Gasteiger partial charge is 0.384 e. The molecule has 2 aliphatic heterocycles. The Morgan fingerprint density at radius 2 is 2.30 bits per heavy atom. The van der Waals surface area contributed by atoms with Crippen LogP contribution in [0, 0.1) is 11.8 Å². The lowest BCUT2D eigenvalue weighted by Gasteiger charge is -2.27. The molecule has 0 aromatic heterocycles. The topological polar surface area (TPSA) is 50.4 Å². The number of hydrogen-bond donors (Lipinski definition) is 2. The van der Waals surface area contributed by atoms with Gasteiger partial charge in [0.1, 0.15) is 0 Å². The summed E-state index contributed by atoms with van der Waals surface area (Å²) in [6.07, 6.45) is 3.10. The van der Waals surface area contributed by atoms with Crippen LogP contribution in [0.4, 0.5) is 5.69 Å². The number of fused-ring (bicyclic) bond motifs is 1. The second-order valence-corrected chi connectivity index (χ2v) is 5.77. The number of ether oxygens (including phenoxy) is 1. The van der Waals surface area contributed by atoms with Gasteiger partial charge in [-0.15, -0.1) is 0 Å². The Labute approximate surface area is 119 Å². The predicted octanol–water partition coefficient (Wildman–Crippen LogP) is 1.81. The van der Waals surface area contributed by atoms with Crippen LogP contribution >= 0.6 is 0 Å². The van der Waals surface area contributed by atoms with Crippen molar-refractivity contribution in [2.24, 2.45) is 11.8 Å². The van der Waals surface area contributed by atoms with Crippen molar-refractivity contribution in [2.45, 2.75) is 19.3 Å². The van der Waals surface area contributed by atoms with Gasteiger partial charge in [0.2, 0.25) is 5.91 Å². The van der Waals surface area contributed by atoms with Crippen LogP contribution < -0.4 is 10.6 Å². The summed E-state index contributed by atoms with van der Waals surface area (Å²) < 4.78 is 5.44. The molecule has 1 fully saturated rings. The molecule has 2 unspecified atom stereocenters. The van der Waals surface area contributed by atoms with Gasteiger partial charge in [0, 0.05) is 25.4 Å². The SMILES string of the molecule is O=C(NCC1CCCOC1)C1CNc2ccccc2C1. The Balaban J connectivity index is 1.51. The van der Waals surface area contributed by atoms with E-state index in [9.17, 15) is 4.79 Å². The minimum atomic E-state index is 0.0365. The summed E-state index contributed by atoms with van der Waals surface area (Å²) in [4.78, 5) is 12.3. The quantitative estimate of drug-likeness (QED) is 0.884. The maximum atomic E-state index is 12.3. The van der Waals surface area contributed by atoms with Gasteiger partial charge < -0.3 is 15.4 Å². The van der Waals surface area contributed by atoms with Crippen LogP contribution in [0.5, 0.6) is 0 Å². The number of anilines is 1. The average molecular weight is 274 g/mol. The molecule has 108 valence electrons. The van der Waals surface area contributed by atoms with Crippen molar-refractivity contribution in [3.05, 3.63) is 29.8 Å². The maximum absolute atomic E-state index is 12.3. The second-order valence-electron chi connectivity index (χ2n) is 5.77. The molecule has 3 rings (SSSR count). The van der Waals surface area contributed by atoms with Crippen LogP contribution in [-0.4, -0.2) is 32.2 Å². The van der Waals surface area contributed by atoms with Gasteiger partial charge in [0.25, 0.3) is 0 Å². The van der Waals surface area contributed by atoms with E-state index in [2.05, 4.69) is 22.8 Å². The molecule has 2 aliphatic rings. The van der Waals surface area contributed by atoms with Gasteiger partial charge in [-0.2, -0.15) is 0 Å². The smallest absolute Gasteiger partial charge is 0.225 e. The second kappa shape index (κ2) is 6.27. The first-order valence-corrected chi connectivity index (χ1v) is 7.50. The Morgan fingerprint density at radius 1 is 1.40 bits per heavy atom. The number of benzene rings is 1. The van der Waals surface area contributed by atoms with Gasteiger partial charge >= 0.3 is 0 Å². The van der Waals surface area contributed by atoms with E-state index in [4.69, 9.17) is 4.74 Å². The summed E-state index contributed by atoms with van der Waals surface area (Å²) in [5, 5.41) is 6.44. The Morgan fingerprint density at radius 3 is 3.15 bits per heavy atom. The normalized spacial score (nSPS) is 25.4. The minimum absolute atomic E-state index is 0.0365. The van der Waals surface area contributed by atoms with Crippen LogP contribution in [0.2, 0.25) is 0 Å². The molecule has 0 aliphatic carbocycles. The highest BCUT2D eigenvalue weighted by Crippen LogP contribution is 2.24. The highest BCUT2D eigenvalue weighted by Gasteiger charge is 2.25. The van der Waals surface area contributed by atoms with E-state index in [0.717, 1.165) is 51.3 Å². The molecule has 0 radical (unpaired) electrons. The molecule has 0 bridgehead atoms. The summed E-state index contributed by atoms with van der Waals surface area (Å²) in [5.41, 5.74) is 2.40. The van der Waals surface area contributed by atoms with Crippen LogP contribution in [0.1, 0.15) is 18.4 Å². The lowest BCUT2D eigenvalue weighted by Crippen LogP contribution is -2.41. The van der Waals surface area contributed by atoms with Crippen LogP contribution in [0.25, 0.3) is 0 Å². The fourth-order valence-electron chi connectivity index (χ4n) is 2.98. The molecule has 1 aromatic carbocycles. The third-order valence-corrected chi connectivity index (χ3v) is 4.21. The van der Waals surface area contributed by atoms with Gasteiger partial charge in [-0.1, -0.05) is 18.2 Å². The van der Waals surface area contributed by atoms with E-state index >= 15 is 0 Å². The van der Waals surface area contributed by atoms with Crippen molar-refractivity contribution < 1.29 is 9.53 Å². The first kappa shape index (κ1) is 13.4. The number of amides is 1. The first-order chi connectivity index (χ1) is 9.83. The summed E-state index contributed by atoms with van der Waals surface area (Å²) in [5.74, 6) is 0.684. The van der Waals surface area contributed by atoms with Gasteiger partial charge in [-0.3, -0.25) is 4.79 Å². The van der Waals surface area contributed by atoms with Gasteiger partial charge in [-0.25, -0.2) is 0 Å². The van der Waals surface area contributed by atoms with Crippen molar-refractivity contribution >= 4 is 11.6 Å². The van der Waals surface area contributed by atoms with Crippen LogP contribution in [-0.2, 0) is 16.0 Å². The van der Waals surface area contributed by atoms with E-state index < -0.39 is 0 Å². The standard InChI is InChI=1S/C16H22N2O2/c19-16(18-9-12-4-3-7-20-11-12)14-8-13-5-1-2-6-15(13)17-10-14/h1-2,5-6,12,14,17H,3-4,7-11H2,(H,18,19). The highest BCUT2D eigenvalue weighted by molar-refractivity contribution is 5.80. The average Bonchev–Trinajstić information content (AvgIpc) is 2.53. The zero-order chi connectivity index (χ0) is 13.8. The molecular weight excluding hydrogens is 252 g/mol. The van der Waals surface area contributed by atoms with Gasteiger partial charge in [0.05, 0.1) is 12.5 Å². The van der Waals surface area contributed by atoms with Crippen molar-refractivity contribution in [2.75, 3.05) is 31.6 Å². The fraction of sp³-hybridized carbons (Fsp3) is 0.562. The van der Waals surface area contributed by atoms with E-state index in [1.807, 2.05) is 12.1 Å². The molecule has 2 N–H and O–H groups in total. The first-order valence-electron chi connectivity index (χ1n) is 7.50. The van der Waals surface area contributed by atoms with Crippen LogP contribution in [0.15, 0.2) is 24.3 Å². The Kier molecular flexibility index (Phi) is 4.21. The lowest BCUT2D eigenvalue weighted by atomic mass is 9.93. The van der Waals surface area contributed by atoms with Gasteiger partial charge in [-0.05, 0) is 36.8 Å². The molecule has 4 nitrogen and oxygen atoms in total. The molecule has 0 saturated carbocycles. The van der Waals surface area contributed by atoms with Crippen molar-refractivity contribution in [1.82, 2.24) is 5.32 Å². The molecule has 2 atom stereocenters. The fourth-order valence-corrected chi connectivity index (χ4v) is 2.98. The predicted molar refractivity (Wildman–Crippen MR) is 78.7 cm³/mol. The molecule has 1 saturated heterocycles. The number of nitrogens with one attached hydrogen (secondary N) is 2. The highest BCUT2D eigenvalue weighted by atomic mass is 16.5. The molecule has 1 aromatic rings. The number of carbonyl (C=O) groups excluding carboxylic acids is 1. The molecule has 2 heterocycles. The third kappa shape index (κ3) is 3.12. The van der Waals surface area contributed by atoms with Gasteiger partial charge in [0.15, 0.2) is 0 Å². The van der Waals surface area contributed by atoms with Crippen molar-refractivity contribution in [3.8, 4) is 0 Å². The summed E-state index contributed by atoms with van der Waals surface area (Å²) >= 11 is 0.